The van der Waals surface area contributed by atoms with Crippen LogP contribution in [0.3, 0.4) is 0 Å². The predicted octanol–water partition coefficient (Wildman–Crippen LogP) is 2.53. The molecule has 2 amide bonds. The monoisotopic (exact) mass is 298 g/mol. The summed E-state index contributed by atoms with van der Waals surface area (Å²) in [6.07, 6.45) is 3.99. The third-order valence-corrected chi connectivity index (χ3v) is 4.19. The number of hydrogen-bond acceptors (Lipinski definition) is 3. The summed E-state index contributed by atoms with van der Waals surface area (Å²) in [6.45, 7) is 1.59. The molecule has 5 nitrogen and oxygen atoms in total. The second-order valence-electron chi connectivity index (χ2n) is 4.80. The molecule has 2 heterocycles. The summed E-state index contributed by atoms with van der Waals surface area (Å²) in [5, 5.41) is 10.7. The maximum Gasteiger partial charge on any atom is 0.346 e. The number of nitriles is 1. The maximum absolute atomic E-state index is 12.1. The van der Waals surface area contributed by atoms with Crippen molar-refractivity contribution in [2.24, 2.45) is 4.99 Å². The fourth-order valence-corrected chi connectivity index (χ4v) is 3.02. The number of carbonyl (C=O) groups excluding carboxylic acids is 1. The van der Waals surface area contributed by atoms with Gasteiger partial charge in [-0.3, -0.25) is 4.57 Å². The Labute approximate surface area is 126 Å². The smallest absolute Gasteiger partial charge is 0.323 e. The van der Waals surface area contributed by atoms with Crippen molar-refractivity contribution in [3.63, 3.8) is 0 Å². The van der Waals surface area contributed by atoms with E-state index in [4.69, 9.17) is 5.26 Å². The van der Waals surface area contributed by atoms with Crippen LogP contribution in [-0.2, 0) is 0 Å². The number of rotatable bonds is 1. The van der Waals surface area contributed by atoms with Gasteiger partial charge in [0.15, 0.2) is 4.80 Å². The number of likely N-dealkylation sites (tertiary alicyclic amines) is 1. The van der Waals surface area contributed by atoms with E-state index in [1.807, 2.05) is 28.3 Å². The van der Waals surface area contributed by atoms with Crippen LogP contribution in [0.25, 0.3) is 5.69 Å². The van der Waals surface area contributed by atoms with Gasteiger partial charge >= 0.3 is 6.03 Å². The van der Waals surface area contributed by atoms with Gasteiger partial charge in [-0.05, 0) is 37.1 Å². The highest BCUT2D eigenvalue weighted by atomic mass is 32.1. The van der Waals surface area contributed by atoms with E-state index in [1.54, 1.807) is 17.0 Å². The number of nitrogens with zero attached hydrogens (tertiary/aromatic N) is 4. The summed E-state index contributed by atoms with van der Waals surface area (Å²) in [4.78, 5) is 18.8. The van der Waals surface area contributed by atoms with Gasteiger partial charge in [-0.1, -0.05) is 0 Å². The van der Waals surface area contributed by atoms with Crippen molar-refractivity contribution < 1.29 is 4.79 Å². The molecule has 3 rings (SSSR count). The number of carbonyl (C=O) groups is 1. The zero-order valence-electron chi connectivity index (χ0n) is 11.4. The standard InChI is InChI=1S/C15H14N4OS/c16-11-12-3-5-13(6-4-12)19-9-10-21-15(19)17-14(20)18-7-1-2-8-18/h3-6,9-10H,1-2,7-8H2. The van der Waals surface area contributed by atoms with Gasteiger partial charge in [0.2, 0.25) is 0 Å². The molecule has 0 radical (unpaired) electrons. The minimum absolute atomic E-state index is 0.169. The molecule has 0 spiro atoms. The van der Waals surface area contributed by atoms with Crippen molar-refractivity contribution >= 4 is 17.4 Å². The van der Waals surface area contributed by atoms with Gasteiger partial charge in [0.25, 0.3) is 0 Å². The lowest BCUT2D eigenvalue weighted by Crippen LogP contribution is -2.27. The molecule has 0 saturated carbocycles. The molecule has 0 atom stereocenters. The highest BCUT2D eigenvalue weighted by Crippen LogP contribution is 2.10. The van der Waals surface area contributed by atoms with Gasteiger partial charge in [0, 0.05) is 30.4 Å². The topological polar surface area (TPSA) is 61.4 Å². The Bertz CT molecular complexity index is 745. The second kappa shape index (κ2) is 5.94. The molecule has 0 N–H and O–H groups in total. The Balaban J connectivity index is 1.92. The zero-order chi connectivity index (χ0) is 14.7. The largest absolute Gasteiger partial charge is 0.346 e. The van der Waals surface area contributed by atoms with Crippen molar-refractivity contribution in [1.82, 2.24) is 9.47 Å². The lowest BCUT2D eigenvalue weighted by molar-refractivity contribution is 0.218. The number of urea groups is 1. The SMILES string of the molecule is N#Cc1ccc(-n2ccsc2=NC(=O)N2CCCC2)cc1. The second-order valence-corrected chi connectivity index (χ2v) is 5.68. The molecule has 1 aliphatic heterocycles. The maximum atomic E-state index is 12.1. The van der Waals surface area contributed by atoms with Crippen molar-refractivity contribution in [3.8, 4) is 11.8 Å². The van der Waals surface area contributed by atoms with Crippen LogP contribution in [0.2, 0.25) is 0 Å². The summed E-state index contributed by atoms with van der Waals surface area (Å²) in [7, 11) is 0. The lowest BCUT2D eigenvalue weighted by atomic mass is 10.2. The van der Waals surface area contributed by atoms with Gasteiger partial charge in [0.1, 0.15) is 0 Å². The fourth-order valence-electron chi connectivity index (χ4n) is 2.31. The first-order valence-electron chi connectivity index (χ1n) is 6.78. The van der Waals surface area contributed by atoms with Crippen LogP contribution in [0.4, 0.5) is 4.79 Å². The average molecular weight is 298 g/mol. The molecule has 1 aromatic heterocycles. The molecule has 2 aromatic rings. The van der Waals surface area contributed by atoms with Crippen molar-refractivity contribution in [2.75, 3.05) is 13.1 Å². The first-order valence-corrected chi connectivity index (χ1v) is 7.66. The number of thiazole rings is 1. The third-order valence-electron chi connectivity index (χ3n) is 3.43. The van der Waals surface area contributed by atoms with Crippen LogP contribution >= 0.6 is 11.3 Å². The molecule has 0 bridgehead atoms. The van der Waals surface area contributed by atoms with Crippen LogP contribution in [-0.4, -0.2) is 28.6 Å². The normalized spacial score (nSPS) is 15.2. The Morgan fingerprint density at radius 2 is 1.95 bits per heavy atom. The number of amides is 2. The van der Waals surface area contributed by atoms with E-state index in [2.05, 4.69) is 11.1 Å². The first-order chi connectivity index (χ1) is 10.3. The van der Waals surface area contributed by atoms with E-state index < -0.39 is 0 Å². The van der Waals surface area contributed by atoms with Gasteiger partial charge in [-0.15, -0.1) is 11.3 Å². The van der Waals surface area contributed by atoms with Crippen LogP contribution in [0.1, 0.15) is 18.4 Å². The Kier molecular flexibility index (Phi) is 3.84. The highest BCUT2D eigenvalue weighted by Gasteiger charge is 2.17. The number of benzene rings is 1. The summed E-state index contributed by atoms with van der Waals surface area (Å²) >= 11 is 1.43. The number of aromatic nitrogens is 1. The molecule has 1 saturated heterocycles. The number of hydrogen-bond donors (Lipinski definition) is 0. The van der Waals surface area contributed by atoms with E-state index in [9.17, 15) is 4.79 Å². The van der Waals surface area contributed by atoms with E-state index in [0.717, 1.165) is 31.6 Å². The quantitative estimate of drug-likeness (QED) is 0.812. The van der Waals surface area contributed by atoms with E-state index >= 15 is 0 Å². The van der Waals surface area contributed by atoms with E-state index in [1.165, 1.54) is 11.3 Å². The Morgan fingerprint density at radius 3 is 2.62 bits per heavy atom. The van der Waals surface area contributed by atoms with Crippen molar-refractivity contribution in [2.45, 2.75) is 12.8 Å². The van der Waals surface area contributed by atoms with Crippen molar-refractivity contribution in [1.29, 1.82) is 5.26 Å². The molecule has 6 heteroatoms. The van der Waals surface area contributed by atoms with E-state index in [0.29, 0.717) is 10.4 Å². The Hall–Kier alpha value is -2.39. The first kappa shape index (κ1) is 13.6. The summed E-state index contributed by atoms with van der Waals surface area (Å²) in [6, 6.07) is 9.14. The molecular weight excluding hydrogens is 284 g/mol. The van der Waals surface area contributed by atoms with Crippen molar-refractivity contribution in [3.05, 3.63) is 46.2 Å². The van der Waals surface area contributed by atoms with E-state index in [-0.39, 0.29) is 6.03 Å². The summed E-state index contributed by atoms with van der Waals surface area (Å²) in [5.41, 5.74) is 1.50. The molecule has 1 aromatic carbocycles. The molecule has 21 heavy (non-hydrogen) atoms. The van der Waals surface area contributed by atoms with Crippen LogP contribution in [0.15, 0.2) is 40.8 Å². The summed E-state index contributed by atoms with van der Waals surface area (Å²) in [5.74, 6) is 0. The van der Waals surface area contributed by atoms with Crippen LogP contribution in [0.5, 0.6) is 0 Å². The fraction of sp³-hybridized carbons (Fsp3) is 0.267. The van der Waals surface area contributed by atoms with Crippen LogP contribution in [0, 0.1) is 11.3 Å². The Morgan fingerprint density at radius 1 is 1.24 bits per heavy atom. The third kappa shape index (κ3) is 2.88. The predicted molar refractivity (Wildman–Crippen MR) is 80.1 cm³/mol. The molecule has 1 fully saturated rings. The van der Waals surface area contributed by atoms with Gasteiger partial charge in [-0.2, -0.15) is 10.3 Å². The zero-order valence-corrected chi connectivity index (χ0v) is 12.2. The minimum Gasteiger partial charge on any atom is -0.323 e. The molecule has 0 aliphatic carbocycles. The molecule has 106 valence electrons. The average Bonchev–Trinajstić information content (AvgIpc) is 3.19. The van der Waals surface area contributed by atoms with Gasteiger partial charge in [-0.25, -0.2) is 4.79 Å². The molecular formula is C15H14N4OS. The summed E-state index contributed by atoms with van der Waals surface area (Å²) < 4.78 is 1.86. The molecule has 1 aliphatic rings. The lowest BCUT2D eigenvalue weighted by Gasteiger charge is -2.10. The highest BCUT2D eigenvalue weighted by molar-refractivity contribution is 7.07. The minimum atomic E-state index is -0.169. The van der Waals surface area contributed by atoms with Gasteiger partial charge < -0.3 is 4.90 Å². The molecule has 0 unspecified atom stereocenters. The van der Waals surface area contributed by atoms with Crippen LogP contribution < -0.4 is 4.80 Å². The van der Waals surface area contributed by atoms with Gasteiger partial charge in [0.05, 0.1) is 11.6 Å².